The fraction of sp³-hybridized carbons (Fsp3) is 0.167. The molecule has 0 aliphatic carbocycles. The first-order valence-electron chi connectivity index (χ1n) is 10.7. The minimum Gasteiger partial charge on any atom is -0.322 e. The average molecular weight is 517 g/mol. The molecule has 1 aliphatic rings. The minimum absolute atomic E-state index is 0.0863. The fourth-order valence-corrected chi connectivity index (χ4v) is 4.85. The highest BCUT2D eigenvalue weighted by Crippen LogP contribution is 2.30. The number of nitrogens with two attached hydrogens (primary N) is 1. The van der Waals surface area contributed by atoms with E-state index in [0.29, 0.717) is 30.1 Å². The highest BCUT2D eigenvalue weighted by atomic mass is 35.5. The third-order valence-electron chi connectivity index (χ3n) is 5.64. The molecule has 0 bridgehead atoms. The highest BCUT2D eigenvalue weighted by molar-refractivity contribution is 7.89. The Morgan fingerprint density at radius 1 is 1.03 bits per heavy atom. The van der Waals surface area contributed by atoms with Crippen molar-refractivity contribution in [2.75, 3.05) is 17.2 Å². The highest BCUT2D eigenvalue weighted by Gasteiger charge is 2.34. The molecule has 4 N–H and O–H groups in total. The van der Waals surface area contributed by atoms with Gasteiger partial charge in [-0.05, 0) is 60.9 Å². The average Bonchev–Trinajstić information content (AvgIpc) is 3.32. The molecule has 1 fully saturated rings. The minimum atomic E-state index is -4.02. The first kappa shape index (κ1) is 24.6. The molecule has 182 valence electrons. The second-order valence-electron chi connectivity index (χ2n) is 8.01. The van der Waals surface area contributed by atoms with Crippen molar-refractivity contribution in [2.45, 2.75) is 23.8 Å². The molecule has 0 aromatic heterocycles. The third kappa shape index (κ3) is 5.61. The van der Waals surface area contributed by atoms with Gasteiger partial charge < -0.3 is 15.5 Å². The first-order valence-corrected chi connectivity index (χ1v) is 12.6. The monoisotopic (exact) mass is 516 g/mol. The Bertz CT molecular complexity index is 1380. The zero-order valence-electron chi connectivity index (χ0n) is 18.4. The van der Waals surface area contributed by atoms with E-state index >= 15 is 0 Å². The zero-order chi connectivity index (χ0) is 25.2. The lowest BCUT2D eigenvalue weighted by molar-refractivity contribution is -0.119. The summed E-state index contributed by atoms with van der Waals surface area (Å²) in [7, 11) is -4.02. The van der Waals surface area contributed by atoms with Crippen LogP contribution in [0.1, 0.15) is 12.8 Å². The van der Waals surface area contributed by atoms with Crippen LogP contribution in [0.25, 0.3) is 11.1 Å². The predicted molar refractivity (Wildman–Crippen MR) is 132 cm³/mol. The molecule has 35 heavy (non-hydrogen) atoms. The van der Waals surface area contributed by atoms with Gasteiger partial charge in [-0.1, -0.05) is 35.9 Å². The van der Waals surface area contributed by atoms with Crippen molar-refractivity contribution in [3.05, 3.63) is 77.6 Å². The summed E-state index contributed by atoms with van der Waals surface area (Å²) in [5.41, 5.74) is 0.978. The molecule has 1 heterocycles. The van der Waals surface area contributed by atoms with E-state index < -0.39 is 33.8 Å². The van der Waals surface area contributed by atoms with Gasteiger partial charge >= 0.3 is 6.03 Å². The van der Waals surface area contributed by atoms with E-state index in [1.165, 1.54) is 35.2 Å². The molecule has 11 heteroatoms. The molecule has 3 amide bonds. The van der Waals surface area contributed by atoms with E-state index in [2.05, 4.69) is 10.6 Å². The number of anilines is 2. The number of sulfonamides is 1. The number of primary sulfonamides is 1. The van der Waals surface area contributed by atoms with Crippen LogP contribution in [0.3, 0.4) is 0 Å². The van der Waals surface area contributed by atoms with Crippen LogP contribution < -0.4 is 15.8 Å². The smallest absolute Gasteiger partial charge is 0.322 e. The predicted octanol–water partition coefficient (Wildman–Crippen LogP) is 4.43. The van der Waals surface area contributed by atoms with E-state index in [0.717, 1.165) is 6.07 Å². The molecule has 0 unspecified atom stereocenters. The van der Waals surface area contributed by atoms with E-state index in [4.69, 9.17) is 16.7 Å². The SMILES string of the molecule is NS(=O)(=O)c1ccccc1-c1ccc(NC(=O)[C@H]2CCCN2C(=O)Nc2ccc(Cl)cc2)c(F)c1. The number of urea groups is 1. The lowest BCUT2D eigenvalue weighted by Gasteiger charge is -2.24. The fourth-order valence-electron chi connectivity index (χ4n) is 3.96. The van der Waals surface area contributed by atoms with E-state index in [9.17, 15) is 22.4 Å². The van der Waals surface area contributed by atoms with Gasteiger partial charge in [0.05, 0.1) is 10.6 Å². The number of nitrogens with one attached hydrogen (secondary N) is 2. The number of hydrogen-bond donors (Lipinski definition) is 3. The Morgan fingerprint density at radius 2 is 1.74 bits per heavy atom. The number of nitrogens with zero attached hydrogens (tertiary/aromatic N) is 1. The van der Waals surface area contributed by atoms with Gasteiger partial charge in [-0.2, -0.15) is 0 Å². The van der Waals surface area contributed by atoms with Crippen molar-refractivity contribution >= 4 is 44.9 Å². The Hall–Kier alpha value is -3.47. The van der Waals surface area contributed by atoms with Crippen LogP contribution in [-0.2, 0) is 14.8 Å². The Labute approximate surface area is 206 Å². The van der Waals surface area contributed by atoms with Gasteiger partial charge in [0.1, 0.15) is 11.9 Å². The number of hydrogen-bond acceptors (Lipinski definition) is 4. The molecule has 0 spiro atoms. The molecule has 3 aromatic carbocycles. The van der Waals surface area contributed by atoms with Gasteiger partial charge in [-0.3, -0.25) is 4.79 Å². The topological polar surface area (TPSA) is 122 Å². The normalized spacial score (nSPS) is 15.6. The van der Waals surface area contributed by atoms with Crippen LogP contribution in [-0.4, -0.2) is 37.8 Å². The molecule has 1 aliphatic heterocycles. The van der Waals surface area contributed by atoms with Crippen LogP contribution in [0.4, 0.5) is 20.6 Å². The largest absolute Gasteiger partial charge is 0.322 e. The van der Waals surface area contributed by atoms with Crippen molar-refractivity contribution in [1.82, 2.24) is 4.90 Å². The number of halogens is 2. The summed E-state index contributed by atoms with van der Waals surface area (Å²) >= 11 is 5.86. The molecular formula is C24H22ClFN4O4S. The number of amides is 3. The second-order valence-corrected chi connectivity index (χ2v) is 9.98. The summed E-state index contributed by atoms with van der Waals surface area (Å²) in [6.07, 6.45) is 1.05. The van der Waals surface area contributed by atoms with Gasteiger partial charge in [-0.25, -0.2) is 22.7 Å². The van der Waals surface area contributed by atoms with Crippen molar-refractivity contribution < 1.29 is 22.4 Å². The maximum atomic E-state index is 14.9. The van der Waals surface area contributed by atoms with Crippen LogP contribution in [0, 0.1) is 5.82 Å². The van der Waals surface area contributed by atoms with Gasteiger partial charge in [-0.15, -0.1) is 0 Å². The molecule has 1 atom stereocenters. The lowest BCUT2D eigenvalue weighted by atomic mass is 10.0. The number of benzene rings is 3. The number of likely N-dealkylation sites (tertiary alicyclic amines) is 1. The molecule has 3 aromatic rings. The zero-order valence-corrected chi connectivity index (χ0v) is 19.9. The third-order valence-corrected chi connectivity index (χ3v) is 6.86. The summed E-state index contributed by atoms with van der Waals surface area (Å²) in [5, 5.41) is 11.1. The maximum Gasteiger partial charge on any atom is 0.322 e. The van der Waals surface area contributed by atoms with E-state index in [1.807, 2.05) is 0 Å². The quantitative estimate of drug-likeness (QED) is 0.464. The van der Waals surface area contributed by atoms with E-state index in [-0.39, 0.29) is 21.7 Å². The lowest BCUT2D eigenvalue weighted by Crippen LogP contribution is -2.45. The van der Waals surface area contributed by atoms with Gasteiger partial charge in [0.2, 0.25) is 15.9 Å². The molecule has 0 radical (unpaired) electrons. The summed E-state index contributed by atoms with van der Waals surface area (Å²) < 4.78 is 38.6. The molecule has 1 saturated heterocycles. The Balaban J connectivity index is 1.49. The van der Waals surface area contributed by atoms with Crippen LogP contribution >= 0.6 is 11.6 Å². The van der Waals surface area contributed by atoms with Crippen molar-refractivity contribution in [2.24, 2.45) is 5.14 Å². The Kier molecular flexibility index (Phi) is 7.06. The first-order chi connectivity index (χ1) is 16.6. The van der Waals surface area contributed by atoms with Crippen LogP contribution in [0.2, 0.25) is 5.02 Å². The molecule has 0 saturated carbocycles. The summed E-state index contributed by atoms with van der Waals surface area (Å²) in [6, 6.07) is 15.3. The second kappa shape index (κ2) is 10.0. The summed E-state index contributed by atoms with van der Waals surface area (Å²) in [6.45, 7) is 0.378. The molecule has 8 nitrogen and oxygen atoms in total. The van der Waals surface area contributed by atoms with Crippen molar-refractivity contribution in [3.63, 3.8) is 0 Å². The standard InChI is InChI=1S/C24H22ClFN4O4S/c25-16-8-10-17(11-9-16)28-24(32)30-13-3-5-21(30)23(31)29-20-12-7-15(14-19(20)26)18-4-1-2-6-22(18)35(27,33)34/h1-2,4,6-12,14,21H,3,5,13H2,(H,28,32)(H,29,31)(H2,27,33,34)/t21-/m1/s1. The number of carbonyl (C=O) groups excluding carboxylic acids is 2. The van der Waals surface area contributed by atoms with Crippen LogP contribution in [0.15, 0.2) is 71.6 Å². The van der Waals surface area contributed by atoms with Crippen molar-refractivity contribution in [1.29, 1.82) is 0 Å². The number of rotatable bonds is 5. The number of carbonyl (C=O) groups is 2. The van der Waals surface area contributed by atoms with Gasteiger partial charge in [0.15, 0.2) is 0 Å². The summed E-state index contributed by atoms with van der Waals surface area (Å²) in [4.78, 5) is 26.9. The van der Waals surface area contributed by atoms with Crippen molar-refractivity contribution in [3.8, 4) is 11.1 Å². The Morgan fingerprint density at radius 3 is 2.43 bits per heavy atom. The van der Waals surface area contributed by atoms with Gasteiger partial charge in [0, 0.05) is 22.8 Å². The maximum absolute atomic E-state index is 14.9. The van der Waals surface area contributed by atoms with E-state index in [1.54, 1.807) is 30.3 Å². The molecular weight excluding hydrogens is 495 g/mol. The molecule has 4 rings (SSSR count). The van der Waals surface area contributed by atoms with Crippen LogP contribution in [0.5, 0.6) is 0 Å². The van der Waals surface area contributed by atoms with Gasteiger partial charge in [0.25, 0.3) is 0 Å². The summed E-state index contributed by atoms with van der Waals surface area (Å²) in [5.74, 6) is -1.28.